The average molecular weight is 287 g/mol. The molecular formula is C16H18FN3O. The Labute approximate surface area is 123 Å². The molecule has 4 nitrogen and oxygen atoms in total. The fourth-order valence-electron chi connectivity index (χ4n) is 1.90. The standard InChI is InChI=1S/C16H18FN3O/c1-20(15-4-2-3-12(17)11-15)10-9-16(21)19-14-7-5-13(18)6-8-14/h2-8,11H,9-10,18H2,1H3,(H,19,21). The number of carbonyl (C=O) groups excluding carboxylic acids is 1. The number of nitrogens with two attached hydrogens (primary N) is 1. The van der Waals surface area contributed by atoms with E-state index < -0.39 is 0 Å². The van der Waals surface area contributed by atoms with Crippen LogP contribution in [0.3, 0.4) is 0 Å². The molecule has 0 fully saturated rings. The van der Waals surface area contributed by atoms with Crippen molar-refractivity contribution in [1.82, 2.24) is 0 Å². The summed E-state index contributed by atoms with van der Waals surface area (Å²) in [5, 5.41) is 2.79. The van der Waals surface area contributed by atoms with Gasteiger partial charge in [0.05, 0.1) is 0 Å². The molecule has 0 bridgehead atoms. The number of rotatable bonds is 5. The van der Waals surface area contributed by atoms with E-state index in [1.807, 2.05) is 11.9 Å². The quantitative estimate of drug-likeness (QED) is 0.831. The van der Waals surface area contributed by atoms with Gasteiger partial charge in [0, 0.05) is 37.1 Å². The van der Waals surface area contributed by atoms with Crippen molar-refractivity contribution >= 4 is 23.0 Å². The van der Waals surface area contributed by atoms with Crippen LogP contribution in [0.2, 0.25) is 0 Å². The van der Waals surface area contributed by atoms with Crippen molar-refractivity contribution < 1.29 is 9.18 Å². The molecule has 2 aromatic rings. The minimum absolute atomic E-state index is 0.0944. The van der Waals surface area contributed by atoms with Gasteiger partial charge in [-0.1, -0.05) is 6.07 Å². The van der Waals surface area contributed by atoms with E-state index in [4.69, 9.17) is 5.73 Å². The lowest BCUT2D eigenvalue weighted by Crippen LogP contribution is -2.24. The zero-order valence-electron chi connectivity index (χ0n) is 11.8. The van der Waals surface area contributed by atoms with Gasteiger partial charge < -0.3 is 16.0 Å². The second-order valence-corrected chi connectivity index (χ2v) is 4.82. The van der Waals surface area contributed by atoms with E-state index in [0.29, 0.717) is 24.3 Å². The van der Waals surface area contributed by atoms with Crippen LogP contribution in [0, 0.1) is 5.82 Å². The minimum Gasteiger partial charge on any atom is -0.399 e. The maximum absolute atomic E-state index is 13.1. The number of hydrogen-bond donors (Lipinski definition) is 2. The molecule has 110 valence electrons. The molecule has 0 unspecified atom stereocenters. The van der Waals surface area contributed by atoms with E-state index in [2.05, 4.69) is 5.32 Å². The van der Waals surface area contributed by atoms with Crippen molar-refractivity contribution in [3.63, 3.8) is 0 Å². The molecule has 0 atom stereocenters. The molecule has 2 rings (SSSR count). The lowest BCUT2D eigenvalue weighted by Gasteiger charge is -2.19. The van der Waals surface area contributed by atoms with E-state index in [0.717, 1.165) is 5.69 Å². The maximum atomic E-state index is 13.1. The van der Waals surface area contributed by atoms with Gasteiger partial charge in [-0.05, 0) is 42.5 Å². The van der Waals surface area contributed by atoms with Crippen LogP contribution in [-0.4, -0.2) is 19.5 Å². The first kappa shape index (κ1) is 14.8. The largest absolute Gasteiger partial charge is 0.399 e. The summed E-state index contributed by atoms with van der Waals surface area (Å²) in [7, 11) is 1.82. The summed E-state index contributed by atoms with van der Waals surface area (Å²) >= 11 is 0. The number of nitrogens with zero attached hydrogens (tertiary/aromatic N) is 1. The first-order valence-electron chi connectivity index (χ1n) is 6.67. The molecule has 0 spiro atoms. The number of carbonyl (C=O) groups is 1. The second kappa shape index (κ2) is 6.74. The van der Waals surface area contributed by atoms with E-state index in [9.17, 15) is 9.18 Å². The van der Waals surface area contributed by atoms with E-state index in [-0.39, 0.29) is 11.7 Å². The molecule has 0 aromatic heterocycles. The van der Waals surface area contributed by atoms with Gasteiger partial charge in [0.2, 0.25) is 5.91 Å². The van der Waals surface area contributed by atoms with Gasteiger partial charge in [0.1, 0.15) is 5.82 Å². The summed E-state index contributed by atoms with van der Waals surface area (Å²) in [4.78, 5) is 13.7. The predicted octanol–water partition coefficient (Wildman–Crippen LogP) is 2.87. The molecular weight excluding hydrogens is 269 g/mol. The van der Waals surface area contributed by atoms with Crippen molar-refractivity contribution in [3.05, 3.63) is 54.3 Å². The average Bonchev–Trinajstić information content (AvgIpc) is 2.47. The summed E-state index contributed by atoms with van der Waals surface area (Å²) in [6.45, 7) is 0.504. The Hall–Kier alpha value is -2.56. The van der Waals surface area contributed by atoms with Crippen LogP contribution in [0.25, 0.3) is 0 Å². The molecule has 0 radical (unpaired) electrons. The Morgan fingerprint density at radius 2 is 1.95 bits per heavy atom. The van der Waals surface area contributed by atoms with E-state index >= 15 is 0 Å². The van der Waals surface area contributed by atoms with Gasteiger partial charge in [0.15, 0.2) is 0 Å². The van der Waals surface area contributed by atoms with Crippen molar-refractivity contribution in [2.45, 2.75) is 6.42 Å². The maximum Gasteiger partial charge on any atom is 0.226 e. The Morgan fingerprint density at radius 1 is 1.24 bits per heavy atom. The third kappa shape index (κ3) is 4.49. The van der Waals surface area contributed by atoms with Crippen LogP contribution in [0.15, 0.2) is 48.5 Å². The molecule has 0 aliphatic carbocycles. The van der Waals surface area contributed by atoms with Crippen LogP contribution in [0.4, 0.5) is 21.5 Å². The Kier molecular flexibility index (Phi) is 4.77. The molecule has 0 saturated carbocycles. The smallest absolute Gasteiger partial charge is 0.226 e. The summed E-state index contributed by atoms with van der Waals surface area (Å²) in [6, 6.07) is 13.3. The molecule has 5 heteroatoms. The van der Waals surface area contributed by atoms with Crippen LogP contribution in [0.1, 0.15) is 6.42 Å². The topological polar surface area (TPSA) is 58.4 Å². The normalized spacial score (nSPS) is 10.2. The van der Waals surface area contributed by atoms with Crippen molar-refractivity contribution in [2.75, 3.05) is 29.5 Å². The summed E-state index contributed by atoms with van der Waals surface area (Å²) in [5.41, 5.74) is 7.69. The molecule has 0 aliphatic rings. The minimum atomic E-state index is -0.286. The van der Waals surface area contributed by atoms with Crippen LogP contribution < -0.4 is 16.0 Å². The number of nitrogens with one attached hydrogen (secondary N) is 1. The number of amides is 1. The van der Waals surface area contributed by atoms with E-state index in [1.54, 1.807) is 36.4 Å². The van der Waals surface area contributed by atoms with Gasteiger partial charge in [0.25, 0.3) is 0 Å². The van der Waals surface area contributed by atoms with Crippen molar-refractivity contribution in [1.29, 1.82) is 0 Å². The van der Waals surface area contributed by atoms with Crippen LogP contribution in [0.5, 0.6) is 0 Å². The monoisotopic (exact) mass is 287 g/mol. The molecule has 3 N–H and O–H groups in total. The van der Waals surface area contributed by atoms with Gasteiger partial charge in [-0.15, -0.1) is 0 Å². The number of nitrogen functional groups attached to an aromatic ring is 1. The summed E-state index contributed by atoms with van der Waals surface area (Å²) in [5.74, 6) is -0.381. The molecule has 21 heavy (non-hydrogen) atoms. The first-order valence-corrected chi connectivity index (χ1v) is 6.67. The third-order valence-electron chi connectivity index (χ3n) is 3.12. The highest BCUT2D eigenvalue weighted by atomic mass is 19.1. The van der Waals surface area contributed by atoms with E-state index in [1.165, 1.54) is 12.1 Å². The van der Waals surface area contributed by atoms with Gasteiger partial charge in [-0.2, -0.15) is 0 Å². The zero-order valence-corrected chi connectivity index (χ0v) is 11.8. The van der Waals surface area contributed by atoms with Gasteiger partial charge >= 0.3 is 0 Å². The highest BCUT2D eigenvalue weighted by molar-refractivity contribution is 5.91. The molecule has 0 heterocycles. The summed E-state index contributed by atoms with van der Waals surface area (Å²) < 4.78 is 13.1. The molecule has 0 aliphatic heterocycles. The second-order valence-electron chi connectivity index (χ2n) is 4.82. The van der Waals surface area contributed by atoms with Gasteiger partial charge in [-0.25, -0.2) is 4.39 Å². The lowest BCUT2D eigenvalue weighted by atomic mass is 10.2. The van der Waals surface area contributed by atoms with Gasteiger partial charge in [-0.3, -0.25) is 4.79 Å². The molecule has 2 aromatic carbocycles. The number of anilines is 3. The predicted molar refractivity (Wildman–Crippen MR) is 83.8 cm³/mol. The number of halogens is 1. The van der Waals surface area contributed by atoms with Crippen molar-refractivity contribution in [3.8, 4) is 0 Å². The molecule has 0 saturated heterocycles. The number of hydrogen-bond acceptors (Lipinski definition) is 3. The Morgan fingerprint density at radius 3 is 2.62 bits per heavy atom. The fraction of sp³-hybridized carbons (Fsp3) is 0.188. The highest BCUT2D eigenvalue weighted by Crippen LogP contribution is 2.14. The first-order chi connectivity index (χ1) is 10.0. The van der Waals surface area contributed by atoms with Crippen LogP contribution >= 0.6 is 0 Å². The van der Waals surface area contributed by atoms with Crippen LogP contribution in [-0.2, 0) is 4.79 Å². The molecule has 1 amide bonds. The Balaban J connectivity index is 1.84. The fourth-order valence-corrected chi connectivity index (χ4v) is 1.90. The lowest BCUT2D eigenvalue weighted by molar-refractivity contribution is -0.116. The zero-order chi connectivity index (χ0) is 15.2. The Bertz CT molecular complexity index is 613. The SMILES string of the molecule is CN(CCC(=O)Nc1ccc(N)cc1)c1cccc(F)c1. The number of benzene rings is 2. The van der Waals surface area contributed by atoms with Crippen molar-refractivity contribution in [2.24, 2.45) is 0 Å². The summed E-state index contributed by atoms with van der Waals surface area (Å²) in [6.07, 6.45) is 0.317. The highest BCUT2D eigenvalue weighted by Gasteiger charge is 2.06. The third-order valence-corrected chi connectivity index (χ3v) is 3.12.